The Morgan fingerprint density at radius 2 is 1.74 bits per heavy atom. The molecule has 128 valence electrons. The summed E-state index contributed by atoms with van der Waals surface area (Å²) in [6.07, 6.45) is 8.08. The van der Waals surface area contributed by atoms with Crippen molar-refractivity contribution < 1.29 is 8.42 Å². The minimum absolute atomic E-state index is 0.0364. The lowest BCUT2D eigenvalue weighted by molar-refractivity contribution is 0.361. The third-order valence-corrected chi connectivity index (χ3v) is 6.75. The molecule has 2 atom stereocenters. The molecule has 1 heterocycles. The van der Waals surface area contributed by atoms with Crippen LogP contribution in [-0.4, -0.2) is 27.0 Å². The highest BCUT2D eigenvalue weighted by Crippen LogP contribution is 2.32. The van der Waals surface area contributed by atoms with Crippen molar-refractivity contribution in [1.29, 1.82) is 0 Å². The molecule has 23 heavy (non-hydrogen) atoms. The van der Waals surface area contributed by atoms with Gasteiger partial charge in [0.15, 0.2) is 0 Å². The zero-order valence-corrected chi connectivity index (χ0v) is 14.7. The van der Waals surface area contributed by atoms with E-state index in [0.717, 1.165) is 19.4 Å². The van der Waals surface area contributed by atoms with Crippen molar-refractivity contribution in [3.8, 4) is 0 Å². The molecule has 1 aromatic rings. The van der Waals surface area contributed by atoms with Crippen molar-refractivity contribution in [3.05, 3.63) is 29.8 Å². The van der Waals surface area contributed by atoms with E-state index in [4.69, 9.17) is 0 Å². The number of nitrogens with one attached hydrogen (secondary N) is 2. The largest absolute Gasteiger partial charge is 0.314 e. The van der Waals surface area contributed by atoms with Crippen molar-refractivity contribution in [3.63, 3.8) is 0 Å². The van der Waals surface area contributed by atoms with Crippen LogP contribution in [0.3, 0.4) is 0 Å². The van der Waals surface area contributed by atoms with Gasteiger partial charge in [-0.25, -0.2) is 13.1 Å². The lowest BCUT2D eigenvalue weighted by Gasteiger charge is -2.28. The van der Waals surface area contributed by atoms with E-state index in [1.165, 1.54) is 37.7 Å². The molecule has 0 bridgehead atoms. The van der Waals surface area contributed by atoms with Crippen LogP contribution in [0.25, 0.3) is 0 Å². The Balaban J connectivity index is 1.67. The molecule has 0 aromatic heterocycles. The lowest BCUT2D eigenvalue weighted by Crippen LogP contribution is -2.46. The van der Waals surface area contributed by atoms with Gasteiger partial charge in [0.2, 0.25) is 10.0 Å². The summed E-state index contributed by atoms with van der Waals surface area (Å²) in [5, 5.41) is 3.35. The summed E-state index contributed by atoms with van der Waals surface area (Å²) in [7, 11) is -3.41. The summed E-state index contributed by atoms with van der Waals surface area (Å²) in [4.78, 5) is 0.392. The molecule has 3 rings (SSSR count). The van der Waals surface area contributed by atoms with Crippen molar-refractivity contribution in [2.24, 2.45) is 0 Å². The zero-order valence-electron chi connectivity index (χ0n) is 13.9. The molecule has 1 saturated heterocycles. The predicted octanol–water partition coefficient (Wildman–Crippen LogP) is 3.15. The third kappa shape index (κ3) is 4.34. The topological polar surface area (TPSA) is 58.2 Å². The van der Waals surface area contributed by atoms with Gasteiger partial charge in [-0.1, -0.05) is 31.4 Å². The Labute approximate surface area is 140 Å². The van der Waals surface area contributed by atoms with Crippen LogP contribution in [0, 0.1) is 0 Å². The second kappa shape index (κ2) is 7.32. The highest BCUT2D eigenvalue weighted by molar-refractivity contribution is 7.89. The molecule has 2 fully saturated rings. The highest BCUT2D eigenvalue weighted by atomic mass is 32.2. The Morgan fingerprint density at radius 3 is 2.39 bits per heavy atom. The quantitative estimate of drug-likeness (QED) is 0.888. The molecule has 2 unspecified atom stereocenters. The molecule has 0 amide bonds. The zero-order chi connectivity index (χ0) is 16.3. The van der Waals surface area contributed by atoms with Gasteiger partial charge in [-0.15, -0.1) is 0 Å². The molecule has 4 nitrogen and oxygen atoms in total. The van der Waals surface area contributed by atoms with Crippen LogP contribution in [0.15, 0.2) is 29.2 Å². The van der Waals surface area contributed by atoms with Gasteiger partial charge in [-0.05, 0) is 62.8 Å². The van der Waals surface area contributed by atoms with Crippen LogP contribution in [0.4, 0.5) is 0 Å². The summed E-state index contributed by atoms with van der Waals surface area (Å²) in [5.74, 6) is 0.610. The minimum atomic E-state index is -3.41. The maximum absolute atomic E-state index is 12.6. The Hall–Kier alpha value is -0.910. The average Bonchev–Trinajstić information content (AvgIpc) is 2.55. The molecule has 1 aliphatic heterocycles. The fourth-order valence-corrected chi connectivity index (χ4v) is 5.16. The van der Waals surface area contributed by atoms with E-state index >= 15 is 0 Å². The predicted molar refractivity (Wildman–Crippen MR) is 93.1 cm³/mol. The van der Waals surface area contributed by atoms with Gasteiger partial charge in [0.05, 0.1) is 4.90 Å². The first kappa shape index (κ1) is 16.9. The molecule has 0 radical (unpaired) electrons. The summed E-state index contributed by atoms with van der Waals surface area (Å²) in [5.41, 5.74) is 1.29. The van der Waals surface area contributed by atoms with E-state index in [1.54, 1.807) is 12.1 Å². The first-order chi connectivity index (χ1) is 11.0. The normalized spacial score (nSPS) is 27.0. The van der Waals surface area contributed by atoms with E-state index in [-0.39, 0.29) is 6.04 Å². The average molecular weight is 337 g/mol. The first-order valence-electron chi connectivity index (χ1n) is 8.90. The van der Waals surface area contributed by atoms with Gasteiger partial charge in [0.1, 0.15) is 0 Å². The van der Waals surface area contributed by atoms with Crippen molar-refractivity contribution >= 4 is 10.0 Å². The summed E-state index contributed by atoms with van der Waals surface area (Å²) >= 11 is 0. The smallest absolute Gasteiger partial charge is 0.240 e. The molecule has 0 spiro atoms. The second-order valence-electron chi connectivity index (χ2n) is 7.10. The molecular formula is C18H28N2O2S. The van der Waals surface area contributed by atoms with E-state index in [2.05, 4.69) is 17.0 Å². The number of hydrogen-bond donors (Lipinski definition) is 2. The first-order valence-corrected chi connectivity index (χ1v) is 10.4. The molecule has 2 aliphatic rings. The van der Waals surface area contributed by atoms with Gasteiger partial charge in [-0.3, -0.25) is 0 Å². The van der Waals surface area contributed by atoms with E-state index in [1.807, 2.05) is 12.1 Å². The van der Waals surface area contributed by atoms with E-state index in [0.29, 0.717) is 16.9 Å². The molecule has 1 aromatic carbocycles. The molecular weight excluding hydrogens is 308 g/mol. The maximum atomic E-state index is 12.6. The summed E-state index contributed by atoms with van der Waals surface area (Å²) < 4.78 is 28.0. The van der Waals surface area contributed by atoms with Crippen LogP contribution in [0.5, 0.6) is 0 Å². The van der Waals surface area contributed by atoms with Crippen LogP contribution in [0.1, 0.15) is 63.4 Å². The molecule has 1 saturated carbocycles. The number of hydrogen-bond acceptors (Lipinski definition) is 3. The van der Waals surface area contributed by atoms with Gasteiger partial charge in [-0.2, -0.15) is 0 Å². The van der Waals surface area contributed by atoms with Crippen molar-refractivity contribution in [2.75, 3.05) is 6.54 Å². The van der Waals surface area contributed by atoms with Crippen LogP contribution < -0.4 is 10.0 Å². The number of rotatable bonds is 4. The van der Waals surface area contributed by atoms with Crippen molar-refractivity contribution in [2.45, 2.75) is 74.8 Å². The van der Waals surface area contributed by atoms with Gasteiger partial charge in [0, 0.05) is 12.1 Å². The number of benzene rings is 1. The summed E-state index contributed by atoms with van der Waals surface area (Å²) in [6, 6.07) is 7.97. The molecule has 2 N–H and O–H groups in total. The third-order valence-electron chi connectivity index (χ3n) is 5.21. The minimum Gasteiger partial charge on any atom is -0.314 e. The van der Waals surface area contributed by atoms with Crippen LogP contribution >= 0.6 is 0 Å². The highest BCUT2D eigenvalue weighted by Gasteiger charge is 2.24. The monoisotopic (exact) mass is 336 g/mol. The Kier molecular flexibility index (Phi) is 5.39. The van der Waals surface area contributed by atoms with Crippen LogP contribution in [-0.2, 0) is 10.0 Å². The van der Waals surface area contributed by atoms with Gasteiger partial charge < -0.3 is 5.32 Å². The van der Waals surface area contributed by atoms with E-state index < -0.39 is 10.0 Å². The number of piperidine rings is 1. The summed E-state index contributed by atoms with van der Waals surface area (Å²) in [6.45, 7) is 2.97. The standard InChI is InChI=1S/C18H28N2O2S/c1-14-13-17(11-12-19-14)20-23(21,22)18-9-7-16(8-10-18)15-5-3-2-4-6-15/h7-10,14-15,17,19-20H,2-6,11-13H2,1H3. The van der Waals surface area contributed by atoms with Crippen molar-refractivity contribution in [1.82, 2.24) is 10.0 Å². The van der Waals surface area contributed by atoms with E-state index in [9.17, 15) is 8.42 Å². The van der Waals surface area contributed by atoms with Gasteiger partial charge >= 0.3 is 0 Å². The molecule has 1 aliphatic carbocycles. The Bertz CT molecular complexity index is 606. The second-order valence-corrected chi connectivity index (χ2v) is 8.82. The molecule has 5 heteroatoms. The number of sulfonamides is 1. The Morgan fingerprint density at radius 1 is 1.04 bits per heavy atom. The van der Waals surface area contributed by atoms with Crippen LogP contribution in [0.2, 0.25) is 0 Å². The van der Waals surface area contributed by atoms with Gasteiger partial charge in [0.25, 0.3) is 0 Å². The fourth-order valence-electron chi connectivity index (χ4n) is 3.88. The SMILES string of the molecule is CC1CC(NS(=O)(=O)c2ccc(C3CCCCC3)cc2)CCN1. The fraction of sp³-hybridized carbons (Fsp3) is 0.667. The lowest BCUT2D eigenvalue weighted by atomic mass is 9.84. The maximum Gasteiger partial charge on any atom is 0.240 e.